The van der Waals surface area contributed by atoms with Gasteiger partial charge in [-0.3, -0.25) is 24.6 Å². The standard InChI is InChI=1S/C15H14N2O6S/c1-3-5-16-14(19)12(24-15(16)20)8-9-6-10(17(21)22)13(18)11(7-9)23-4-2/h3,6-8,18H,1,4-5H2,2H3/b12-8+. The average Bonchev–Trinajstić information content (AvgIpc) is 2.78. The van der Waals surface area contributed by atoms with Crippen molar-refractivity contribution < 1.29 is 24.4 Å². The van der Waals surface area contributed by atoms with Gasteiger partial charge in [-0.05, 0) is 36.4 Å². The number of carbonyl (C=O) groups excluding carboxylic acids is 2. The van der Waals surface area contributed by atoms with E-state index in [2.05, 4.69) is 6.58 Å². The number of carbonyl (C=O) groups is 2. The van der Waals surface area contributed by atoms with Crippen LogP contribution in [-0.2, 0) is 4.79 Å². The van der Waals surface area contributed by atoms with Crippen LogP contribution in [0.3, 0.4) is 0 Å². The van der Waals surface area contributed by atoms with Crippen LogP contribution >= 0.6 is 11.8 Å². The molecule has 1 aromatic rings. The molecule has 0 bridgehead atoms. The Hall–Kier alpha value is -2.81. The number of thioether (sulfide) groups is 1. The Morgan fingerprint density at radius 3 is 2.75 bits per heavy atom. The number of benzene rings is 1. The molecule has 2 amide bonds. The first-order valence-electron chi connectivity index (χ1n) is 6.89. The number of amides is 2. The summed E-state index contributed by atoms with van der Waals surface area (Å²) >= 11 is 0.732. The third-order valence-corrected chi connectivity index (χ3v) is 3.96. The van der Waals surface area contributed by atoms with Crippen LogP contribution in [0.25, 0.3) is 6.08 Å². The summed E-state index contributed by atoms with van der Waals surface area (Å²) in [5.41, 5.74) is -0.274. The maximum Gasteiger partial charge on any atom is 0.315 e. The highest BCUT2D eigenvalue weighted by Gasteiger charge is 2.34. The van der Waals surface area contributed by atoms with Gasteiger partial charge in [0, 0.05) is 12.6 Å². The molecule has 0 radical (unpaired) electrons. The summed E-state index contributed by atoms with van der Waals surface area (Å²) in [5, 5.41) is 20.5. The Kier molecular flexibility index (Phi) is 5.24. The number of aromatic hydroxyl groups is 1. The zero-order valence-corrected chi connectivity index (χ0v) is 13.5. The SMILES string of the molecule is C=CCN1C(=O)S/C(=C/c2cc(OCC)c(O)c([N+](=O)[O-])c2)C1=O. The predicted octanol–water partition coefficient (Wildman–Crippen LogP) is 2.92. The second-order valence-electron chi connectivity index (χ2n) is 4.66. The molecule has 0 saturated carbocycles. The molecule has 0 aromatic heterocycles. The van der Waals surface area contributed by atoms with E-state index in [-0.39, 0.29) is 29.4 Å². The van der Waals surface area contributed by atoms with Gasteiger partial charge in [-0.15, -0.1) is 6.58 Å². The lowest BCUT2D eigenvalue weighted by molar-refractivity contribution is -0.386. The highest BCUT2D eigenvalue weighted by molar-refractivity contribution is 8.18. The van der Waals surface area contributed by atoms with E-state index in [0.29, 0.717) is 0 Å². The number of nitro benzene ring substituents is 1. The van der Waals surface area contributed by atoms with Gasteiger partial charge in [-0.25, -0.2) is 0 Å². The molecule has 1 saturated heterocycles. The highest BCUT2D eigenvalue weighted by atomic mass is 32.2. The molecule has 0 spiro atoms. The van der Waals surface area contributed by atoms with E-state index in [1.54, 1.807) is 6.92 Å². The third kappa shape index (κ3) is 3.40. The Balaban J connectivity index is 2.45. The summed E-state index contributed by atoms with van der Waals surface area (Å²) < 4.78 is 5.17. The van der Waals surface area contributed by atoms with Crippen molar-refractivity contribution in [1.82, 2.24) is 4.90 Å². The normalized spacial score (nSPS) is 15.9. The van der Waals surface area contributed by atoms with Gasteiger partial charge in [-0.2, -0.15) is 0 Å². The number of phenolic OH excluding ortho intramolecular Hbond substituents is 1. The van der Waals surface area contributed by atoms with E-state index < -0.39 is 27.5 Å². The van der Waals surface area contributed by atoms with Gasteiger partial charge in [0.15, 0.2) is 5.75 Å². The zero-order valence-electron chi connectivity index (χ0n) is 12.7. The zero-order chi connectivity index (χ0) is 17.9. The number of rotatable bonds is 6. The molecular formula is C15H14N2O6S. The minimum atomic E-state index is -0.751. The largest absolute Gasteiger partial charge is 0.500 e. The van der Waals surface area contributed by atoms with Crippen molar-refractivity contribution in [3.05, 3.63) is 45.4 Å². The van der Waals surface area contributed by atoms with Gasteiger partial charge in [0.1, 0.15) is 0 Å². The van der Waals surface area contributed by atoms with Crippen molar-refractivity contribution in [3.63, 3.8) is 0 Å². The highest BCUT2D eigenvalue weighted by Crippen LogP contribution is 2.39. The topological polar surface area (TPSA) is 110 Å². The van der Waals surface area contributed by atoms with Gasteiger partial charge in [0.2, 0.25) is 5.75 Å². The fourth-order valence-electron chi connectivity index (χ4n) is 2.04. The van der Waals surface area contributed by atoms with Gasteiger partial charge in [0.25, 0.3) is 11.1 Å². The van der Waals surface area contributed by atoms with Crippen molar-refractivity contribution in [2.45, 2.75) is 6.92 Å². The van der Waals surface area contributed by atoms with Gasteiger partial charge in [0.05, 0.1) is 16.4 Å². The molecule has 0 aliphatic carbocycles. The van der Waals surface area contributed by atoms with E-state index in [1.165, 1.54) is 18.2 Å². The Bertz CT molecular complexity index is 759. The van der Waals surface area contributed by atoms with Crippen LogP contribution in [0.4, 0.5) is 10.5 Å². The lowest BCUT2D eigenvalue weighted by Gasteiger charge is -2.08. The molecule has 126 valence electrons. The maximum absolute atomic E-state index is 12.2. The Morgan fingerprint density at radius 1 is 1.46 bits per heavy atom. The molecule has 0 atom stereocenters. The van der Waals surface area contributed by atoms with Crippen molar-refractivity contribution in [2.75, 3.05) is 13.2 Å². The summed E-state index contributed by atoms with van der Waals surface area (Å²) in [6, 6.07) is 2.48. The molecule has 24 heavy (non-hydrogen) atoms. The van der Waals surface area contributed by atoms with Crippen molar-refractivity contribution in [2.24, 2.45) is 0 Å². The number of hydrogen-bond acceptors (Lipinski definition) is 7. The first kappa shape index (κ1) is 17.5. The molecule has 1 aliphatic rings. The van der Waals surface area contributed by atoms with Crippen LogP contribution < -0.4 is 4.74 Å². The number of hydrogen-bond donors (Lipinski definition) is 1. The molecule has 9 heteroatoms. The molecule has 1 aliphatic heterocycles. The van der Waals surface area contributed by atoms with Crippen LogP contribution in [-0.4, -0.2) is 39.2 Å². The molecule has 1 heterocycles. The summed E-state index contributed by atoms with van der Waals surface area (Å²) in [6.45, 7) is 5.43. The smallest absolute Gasteiger partial charge is 0.315 e. The van der Waals surface area contributed by atoms with Crippen molar-refractivity contribution >= 4 is 34.7 Å². The molecule has 2 rings (SSSR count). The summed E-state index contributed by atoms with van der Waals surface area (Å²) in [5.74, 6) is -1.15. The first-order valence-corrected chi connectivity index (χ1v) is 7.71. The summed E-state index contributed by atoms with van der Waals surface area (Å²) in [6.07, 6.45) is 2.78. The monoisotopic (exact) mass is 350 g/mol. The minimum absolute atomic E-state index is 0.0664. The second kappa shape index (κ2) is 7.18. The summed E-state index contributed by atoms with van der Waals surface area (Å²) in [4.78, 5) is 35.4. The first-order chi connectivity index (χ1) is 11.4. The minimum Gasteiger partial charge on any atom is -0.500 e. The number of imide groups is 1. The molecule has 1 N–H and O–H groups in total. The van der Waals surface area contributed by atoms with Gasteiger partial charge < -0.3 is 9.84 Å². The maximum atomic E-state index is 12.2. The van der Waals surface area contributed by atoms with Crippen LogP contribution in [0.5, 0.6) is 11.5 Å². The lowest BCUT2D eigenvalue weighted by atomic mass is 10.1. The summed E-state index contributed by atoms with van der Waals surface area (Å²) in [7, 11) is 0. The van der Waals surface area contributed by atoms with E-state index in [1.807, 2.05) is 0 Å². The Labute approximate surface area is 141 Å². The molecule has 1 aromatic carbocycles. The number of phenols is 1. The third-order valence-electron chi connectivity index (χ3n) is 3.06. The predicted molar refractivity (Wildman–Crippen MR) is 88.8 cm³/mol. The van der Waals surface area contributed by atoms with Crippen LogP contribution in [0.15, 0.2) is 29.7 Å². The van der Waals surface area contributed by atoms with Gasteiger partial charge in [-0.1, -0.05) is 6.08 Å². The fourth-order valence-corrected chi connectivity index (χ4v) is 2.89. The molecule has 8 nitrogen and oxygen atoms in total. The number of nitrogens with zero attached hydrogens (tertiary/aromatic N) is 2. The molecule has 1 fully saturated rings. The molecular weight excluding hydrogens is 336 g/mol. The Morgan fingerprint density at radius 2 is 2.17 bits per heavy atom. The van der Waals surface area contributed by atoms with Crippen molar-refractivity contribution in [3.8, 4) is 11.5 Å². The average molecular weight is 350 g/mol. The van der Waals surface area contributed by atoms with E-state index in [9.17, 15) is 24.8 Å². The van der Waals surface area contributed by atoms with Crippen LogP contribution in [0, 0.1) is 10.1 Å². The lowest BCUT2D eigenvalue weighted by Crippen LogP contribution is -2.27. The van der Waals surface area contributed by atoms with E-state index in [0.717, 1.165) is 22.7 Å². The van der Waals surface area contributed by atoms with E-state index in [4.69, 9.17) is 4.74 Å². The van der Waals surface area contributed by atoms with Crippen LogP contribution in [0.2, 0.25) is 0 Å². The second-order valence-corrected chi connectivity index (χ2v) is 5.65. The number of ether oxygens (including phenoxy) is 1. The quantitative estimate of drug-likeness (QED) is 0.363. The van der Waals surface area contributed by atoms with E-state index >= 15 is 0 Å². The van der Waals surface area contributed by atoms with Crippen molar-refractivity contribution in [1.29, 1.82) is 0 Å². The van der Waals surface area contributed by atoms with Crippen LogP contribution in [0.1, 0.15) is 12.5 Å². The van der Waals surface area contributed by atoms with Gasteiger partial charge >= 0.3 is 5.69 Å². The fraction of sp³-hybridized carbons (Fsp3) is 0.200. The number of nitro groups is 1. The molecule has 0 unspecified atom stereocenters.